The lowest BCUT2D eigenvalue weighted by molar-refractivity contribution is 0.541. The highest BCUT2D eigenvalue weighted by atomic mass is 15.1. The van der Waals surface area contributed by atoms with Gasteiger partial charge in [-0.05, 0) is 43.5 Å². The molecule has 2 heterocycles. The van der Waals surface area contributed by atoms with Crippen LogP contribution in [0.4, 0.5) is 0 Å². The number of hydrogen-bond donors (Lipinski definition) is 2. The van der Waals surface area contributed by atoms with E-state index >= 15 is 0 Å². The summed E-state index contributed by atoms with van der Waals surface area (Å²) in [6.45, 7) is 5.36. The Hall–Kier alpha value is -1.61. The van der Waals surface area contributed by atoms with Gasteiger partial charge in [0.15, 0.2) is 0 Å². The Labute approximate surface area is 101 Å². The van der Waals surface area contributed by atoms with Crippen molar-refractivity contribution in [1.82, 2.24) is 15.5 Å². The molecule has 1 aromatic carbocycles. The molecule has 17 heavy (non-hydrogen) atoms. The second-order valence-corrected chi connectivity index (χ2v) is 4.75. The molecule has 0 saturated heterocycles. The SMILES string of the molecule is Cc1[nH]ncc1-c1ccc2c(c1)CCNC2C. The van der Waals surface area contributed by atoms with Crippen LogP contribution in [0.3, 0.4) is 0 Å². The Morgan fingerprint density at radius 2 is 2.24 bits per heavy atom. The molecule has 3 heteroatoms. The van der Waals surface area contributed by atoms with Crippen molar-refractivity contribution in [3.8, 4) is 11.1 Å². The number of aromatic nitrogens is 2. The van der Waals surface area contributed by atoms with Gasteiger partial charge in [0, 0.05) is 17.3 Å². The van der Waals surface area contributed by atoms with Gasteiger partial charge in [-0.2, -0.15) is 5.10 Å². The number of nitrogens with one attached hydrogen (secondary N) is 2. The van der Waals surface area contributed by atoms with Gasteiger partial charge >= 0.3 is 0 Å². The van der Waals surface area contributed by atoms with Crippen LogP contribution >= 0.6 is 0 Å². The summed E-state index contributed by atoms with van der Waals surface area (Å²) in [6.07, 6.45) is 3.02. The molecule has 1 aliphatic rings. The first kappa shape index (κ1) is 10.5. The fraction of sp³-hybridized carbons (Fsp3) is 0.357. The molecule has 0 fully saturated rings. The predicted molar refractivity (Wildman–Crippen MR) is 68.9 cm³/mol. The molecule has 1 atom stereocenters. The zero-order valence-corrected chi connectivity index (χ0v) is 10.2. The van der Waals surface area contributed by atoms with E-state index in [9.17, 15) is 0 Å². The number of nitrogens with zero attached hydrogens (tertiary/aromatic N) is 1. The van der Waals surface area contributed by atoms with Crippen LogP contribution in [0.2, 0.25) is 0 Å². The fourth-order valence-electron chi connectivity index (χ4n) is 2.59. The number of fused-ring (bicyclic) bond motifs is 1. The summed E-state index contributed by atoms with van der Waals surface area (Å²) < 4.78 is 0. The molecule has 3 rings (SSSR count). The zero-order valence-electron chi connectivity index (χ0n) is 10.2. The highest BCUT2D eigenvalue weighted by Gasteiger charge is 2.16. The largest absolute Gasteiger partial charge is 0.310 e. The second-order valence-electron chi connectivity index (χ2n) is 4.75. The summed E-state index contributed by atoms with van der Waals surface area (Å²) in [7, 11) is 0. The maximum Gasteiger partial charge on any atom is 0.0568 e. The quantitative estimate of drug-likeness (QED) is 0.786. The highest BCUT2D eigenvalue weighted by molar-refractivity contribution is 5.66. The summed E-state index contributed by atoms with van der Waals surface area (Å²) in [5.74, 6) is 0. The van der Waals surface area contributed by atoms with Crippen molar-refractivity contribution in [2.75, 3.05) is 6.54 Å². The first-order valence-corrected chi connectivity index (χ1v) is 6.12. The number of hydrogen-bond acceptors (Lipinski definition) is 2. The maximum absolute atomic E-state index is 4.09. The van der Waals surface area contributed by atoms with Crippen LogP contribution in [0.25, 0.3) is 11.1 Å². The lowest BCUT2D eigenvalue weighted by Crippen LogP contribution is -2.27. The Morgan fingerprint density at radius 1 is 1.35 bits per heavy atom. The molecule has 1 aromatic heterocycles. The van der Waals surface area contributed by atoms with Gasteiger partial charge in [0.2, 0.25) is 0 Å². The zero-order chi connectivity index (χ0) is 11.8. The summed E-state index contributed by atoms with van der Waals surface area (Å²) >= 11 is 0. The minimum atomic E-state index is 0.471. The molecule has 0 aliphatic carbocycles. The van der Waals surface area contributed by atoms with E-state index in [0.717, 1.165) is 18.7 Å². The van der Waals surface area contributed by atoms with Gasteiger partial charge in [0.25, 0.3) is 0 Å². The lowest BCUT2D eigenvalue weighted by atomic mass is 9.92. The molecule has 88 valence electrons. The monoisotopic (exact) mass is 227 g/mol. The Morgan fingerprint density at radius 3 is 3.00 bits per heavy atom. The summed E-state index contributed by atoms with van der Waals surface area (Å²) in [4.78, 5) is 0. The molecule has 1 aliphatic heterocycles. The van der Waals surface area contributed by atoms with Crippen LogP contribution in [0, 0.1) is 6.92 Å². The highest BCUT2D eigenvalue weighted by Crippen LogP contribution is 2.28. The predicted octanol–water partition coefficient (Wildman–Crippen LogP) is 2.59. The lowest BCUT2D eigenvalue weighted by Gasteiger charge is -2.24. The van der Waals surface area contributed by atoms with Crippen LogP contribution < -0.4 is 5.32 Å². The first-order valence-electron chi connectivity index (χ1n) is 6.12. The van der Waals surface area contributed by atoms with Crippen LogP contribution in [0.15, 0.2) is 24.4 Å². The molecule has 0 bridgehead atoms. The van der Waals surface area contributed by atoms with Crippen LogP contribution in [-0.4, -0.2) is 16.7 Å². The number of benzene rings is 1. The van der Waals surface area contributed by atoms with E-state index in [-0.39, 0.29) is 0 Å². The Bertz CT molecular complexity index is 542. The average Bonchev–Trinajstić information content (AvgIpc) is 2.75. The Kier molecular flexibility index (Phi) is 2.48. The molecule has 0 saturated carbocycles. The summed E-state index contributed by atoms with van der Waals surface area (Å²) in [5.41, 5.74) is 6.51. The van der Waals surface area contributed by atoms with E-state index < -0.39 is 0 Å². The standard InChI is InChI=1S/C14H17N3/c1-9-13-4-3-11(7-12(13)5-6-15-9)14-8-16-17-10(14)2/h3-4,7-9,15H,5-6H2,1-2H3,(H,16,17). The van der Waals surface area contributed by atoms with Crippen LogP contribution in [0.5, 0.6) is 0 Å². The molecular formula is C14H17N3. The van der Waals surface area contributed by atoms with Gasteiger partial charge in [0.1, 0.15) is 0 Å². The number of rotatable bonds is 1. The van der Waals surface area contributed by atoms with Crippen molar-refractivity contribution >= 4 is 0 Å². The van der Waals surface area contributed by atoms with Crippen molar-refractivity contribution in [1.29, 1.82) is 0 Å². The molecule has 2 aromatic rings. The maximum atomic E-state index is 4.09. The number of H-pyrrole nitrogens is 1. The van der Waals surface area contributed by atoms with Gasteiger partial charge in [-0.1, -0.05) is 18.2 Å². The third-order valence-corrected chi connectivity index (χ3v) is 3.60. The van der Waals surface area contributed by atoms with Gasteiger partial charge in [-0.3, -0.25) is 5.10 Å². The molecule has 0 radical (unpaired) electrons. The van der Waals surface area contributed by atoms with Gasteiger partial charge in [0.05, 0.1) is 6.20 Å². The van der Waals surface area contributed by atoms with Crippen molar-refractivity contribution < 1.29 is 0 Å². The fourth-order valence-corrected chi connectivity index (χ4v) is 2.59. The summed E-state index contributed by atoms with van der Waals surface area (Å²) in [5, 5.41) is 10.6. The van der Waals surface area contributed by atoms with Crippen molar-refractivity contribution in [2.45, 2.75) is 26.3 Å². The second kappa shape index (κ2) is 4.00. The van der Waals surface area contributed by atoms with E-state index in [1.807, 2.05) is 6.20 Å². The van der Waals surface area contributed by atoms with Gasteiger partial charge < -0.3 is 5.32 Å². The van der Waals surface area contributed by atoms with E-state index in [2.05, 4.69) is 47.6 Å². The first-order chi connectivity index (χ1) is 8.25. The number of aryl methyl sites for hydroxylation is 1. The van der Waals surface area contributed by atoms with E-state index in [0.29, 0.717) is 6.04 Å². The van der Waals surface area contributed by atoms with Crippen molar-refractivity contribution in [2.24, 2.45) is 0 Å². The molecule has 1 unspecified atom stereocenters. The van der Waals surface area contributed by atoms with Crippen LogP contribution in [-0.2, 0) is 6.42 Å². The molecule has 2 N–H and O–H groups in total. The Balaban J connectivity index is 2.07. The minimum Gasteiger partial charge on any atom is -0.310 e. The smallest absolute Gasteiger partial charge is 0.0568 e. The van der Waals surface area contributed by atoms with Crippen molar-refractivity contribution in [3.05, 3.63) is 41.2 Å². The van der Waals surface area contributed by atoms with Gasteiger partial charge in [-0.15, -0.1) is 0 Å². The van der Waals surface area contributed by atoms with E-state index in [4.69, 9.17) is 0 Å². The molecule has 0 amide bonds. The number of aromatic amines is 1. The average molecular weight is 227 g/mol. The van der Waals surface area contributed by atoms with Gasteiger partial charge in [-0.25, -0.2) is 0 Å². The third kappa shape index (κ3) is 1.76. The van der Waals surface area contributed by atoms with Crippen LogP contribution in [0.1, 0.15) is 29.8 Å². The van der Waals surface area contributed by atoms with E-state index in [1.165, 1.54) is 22.3 Å². The molecular weight excluding hydrogens is 210 g/mol. The molecule has 3 nitrogen and oxygen atoms in total. The minimum absolute atomic E-state index is 0.471. The molecule has 0 spiro atoms. The van der Waals surface area contributed by atoms with Crippen molar-refractivity contribution in [3.63, 3.8) is 0 Å². The normalized spacial score (nSPS) is 19.1. The summed E-state index contributed by atoms with van der Waals surface area (Å²) in [6, 6.07) is 7.22. The topological polar surface area (TPSA) is 40.7 Å². The van der Waals surface area contributed by atoms with E-state index in [1.54, 1.807) is 0 Å². The third-order valence-electron chi connectivity index (χ3n) is 3.60.